The van der Waals surface area contributed by atoms with Gasteiger partial charge >= 0.3 is 12.1 Å². The van der Waals surface area contributed by atoms with E-state index in [2.05, 4.69) is 0 Å². The van der Waals surface area contributed by atoms with Gasteiger partial charge in [0.1, 0.15) is 10.2 Å². The predicted molar refractivity (Wildman–Crippen MR) is 109 cm³/mol. The molecule has 0 amide bonds. The fraction of sp³-hybridized carbons (Fsp3) is 0.350. The Labute approximate surface area is 180 Å². The van der Waals surface area contributed by atoms with E-state index < -0.39 is 33.9 Å². The molecule has 0 aliphatic heterocycles. The molecule has 2 aromatic rings. The lowest BCUT2D eigenvalue weighted by molar-refractivity contribution is -0.209. The number of benzene rings is 1. The molecule has 2 unspecified atom stereocenters. The molecule has 0 radical (unpaired) electrons. The Morgan fingerprint density at radius 2 is 1.93 bits per heavy atom. The minimum Gasteiger partial charge on any atom is -0.481 e. The predicted octanol–water partition coefficient (Wildman–Crippen LogP) is 7.31. The Morgan fingerprint density at radius 1 is 1.24 bits per heavy atom. The topological polar surface area (TPSA) is 46.5 Å². The van der Waals surface area contributed by atoms with Gasteiger partial charge in [-0.2, -0.15) is 13.2 Å². The highest BCUT2D eigenvalue weighted by molar-refractivity contribution is 7.11. The van der Waals surface area contributed by atoms with Crippen molar-refractivity contribution in [1.82, 2.24) is 0 Å². The first-order valence-corrected chi connectivity index (χ1v) is 10.2. The van der Waals surface area contributed by atoms with Gasteiger partial charge in [0, 0.05) is 0 Å². The lowest BCUT2D eigenvalue weighted by atomic mass is 9.64. The summed E-state index contributed by atoms with van der Waals surface area (Å²) in [5, 5.41) is 12.4. The van der Waals surface area contributed by atoms with E-state index in [0.29, 0.717) is 22.5 Å². The minimum absolute atomic E-state index is 0.386. The standard InChI is InChI=1S/C20H19Cl2F3O3S/c1-12(2)19(18(26)27,15(10-16(21)22)20(23,24)25)11-13-5-3-6-14(9-13)28-17-7-4-8-29-17/h3-10,12,15H,11H2,1-2H3,(H,26,27). The van der Waals surface area contributed by atoms with Crippen molar-refractivity contribution < 1.29 is 27.8 Å². The zero-order valence-corrected chi connectivity index (χ0v) is 17.9. The van der Waals surface area contributed by atoms with Gasteiger partial charge in [-0.15, -0.1) is 11.3 Å². The van der Waals surface area contributed by atoms with E-state index >= 15 is 0 Å². The van der Waals surface area contributed by atoms with Crippen LogP contribution in [0.5, 0.6) is 10.8 Å². The van der Waals surface area contributed by atoms with Crippen molar-refractivity contribution in [2.24, 2.45) is 17.3 Å². The number of halogens is 5. The molecule has 158 valence electrons. The molecule has 3 nitrogen and oxygen atoms in total. The molecule has 0 bridgehead atoms. The molecule has 1 aromatic heterocycles. The summed E-state index contributed by atoms with van der Waals surface area (Å²) in [6, 6.07) is 9.92. The van der Waals surface area contributed by atoms with Crippen LogP contribution in [0.3, 0.4) is 0 Å². The third-order valence-corrected chi connectivity index (χ3v) is 5.73. The maximum atomic E-state index is 13.9. The molecular formula is C20H19Cl2F3O3S. The molecule has 1 aromatic carbocycles. The Balaban J connectivity index is 2.51. The van der Waals surface area contributed by atoms with E-state index in [9.17, 15) is 23.1 Å². The number of ether oxygens (including phenoxy) is 1. The second-order valence-electron chi connectivity index (χ2n) is 6.83. The van der Waals surface area contributed by atoms with Crippen molar-refractivity contribution >= 4 is 40.5 Å². The van der Waals surface area contributed by atoms with Gasteiger partial charge in [0.15, 0.2) is 5.06 Å². The Bertz CT molecular complexity index is 862. The van der Waals surface area contributed by atoms with Crippen molar-refractivity contribution in [3.63, 3.8) is 0 Å². The first-order valence-electron chi connectivity index (χ1n) is 8.60. The smallest absolute Gasteiger partial charge is 0.396 e. The zero-order valence-electron chi connectivity index (χ0n) is 15.5. The first kappa shape index (κ1) is 23.6. The van der Waals surface area contributed by atoms with Gasteiger partial charge in [-0.3, -0.25) is 4.79 Å². The van der Waals surface area contributed by atoms with Crippen molar-refractivity contribution in [2.45, 2.75) is 26.4 Å². The number of aliphatic carboxylic acids is 1. The molecule has 2 rings (SSSR count). The summed E-state index contributed by atoms with van der Waals surface area (Å²) in [7, 11) is 0. The molecule has 0 aliphatic rings. The van der Waals surface area contributed by atoms with Crippen molar-refractivity contribution in [1.29, 1.82) is 0 Å². The van der Waals surface area contributed by atoms with E-state index in [1.807, 2.05) is 5.38 Å². The average molecular weight is 467 g/mol. The van der Waals surface area contributed by atoms with Crippen LogP contribution < -0.4 is 4.74 Å². The van der Waals surface area contributed by atoms with E-state index in [0.717, 1.165) is 0 Å². The van der Waals surface area contributed by atoms with Gasteiger partial charge in [0.25, 0.3) is 0 Å². The van der Waals surface area contributed by atoms with Crippen molar-refractivity contribution in [3.05, 3.63) is 57.9 Å². The van der Waals surface area contributed by atoms with E-state index in [-0.39, 0.29) is 6.42 Å². The monoisotopic (exact) mass is 466 g/mol. The number of alkyl halides is 3. The fourth-order valence-corrected chi connectivity index (χ4v) is 4.13. The molecule has 0 saturated heterocycles. The van der Waals surface area contributed by atoms with Gasteiger partial charge < -0.3 is 9.84 Å². The Morgan fingerprint density at radius 3 is 2.41 bits per heavy atom. The van der Waals surface area contributed by atoms with Crippen LogP contribution in [0.25, 0.3) is 0 Å². The molecule has 0 aliphatic carbocycles. The van der Waals surface area contributed by atoms with Crippen LogP contribution in [0.15, 0.2) is 52.3 Å². The Hall–Kier alpha value is -1.70. The summed E-state index contributed by atoms with van der Waals surface area (Å²) in [6.07, 6.45) is -4.69. The van der Waals surface area contributed by atoms with Crippen LogP contribution in [0.2, 0.25) is 0 Å². The first-order chi connectivity index (χ1) is 13.5. The zero-order chi connectivity index (χ0) is 21.8. The highest BCUT2D eigenvalue weighted by atomic mass is 35.5. The van der Waals surface area contributed by atoms with Crippen molar-refractivity contribution in [2.75, 3.05) is 0 Å². The SMILES string of the molecule is CC(C)C(Cc1cccc(Oc2cccs2)c1)(C(=O)O)C(C=C(Cl)Cl)C(F)(F)F. The van der Waals surface area contributed by atoms with Crippen molar-refractivity contribution in [3.8, 4) is 10.8 Å². The molecule has 0 saturated carbocycles. The number of thiophene rings is 1. The third-order valence-electron chi connectivity index (χ3n) is 4.74. The summed E-state index contributed by atoms with van der Waals surface area (Å²) in [5.74, 6) is -4.43. The number of hydrogen-bond donors (Lipinski definition) is 1. The molecule has 0 spiro atoms. The fourth-order valence-electron chi connectivity index (χ4n) is 3.28. The summed E-state index contributed by atoms with van der Waals surface area (Å²) < 4.78 is 46.7. The number of carboxylic acid groups (broad SMARTS) is 1. The third kappa shape index (κ3) is 5.68. The molecule has 29 heavy (non-hydrogen) atoms. The average Bonchev–Trinajstić information content (AvgIpc) is 3.09. The van der Waals surface area contributed by atoms with Crippen LogP contribution in [0.1, 0.15) is 19.4 Å². The molecule has 1 N–H and O–H groups in total. The molecular weight excluding hydrogens is 448 g/mol. The van der Waals surface area contributed by atoms with Crippen LogP contribution >= 0.6 is 34.5 Å². The number of allylic oxidation sites excluding steroid dienone is 1. The van der Waals surface area contributed by atoms with Crippen LogP contribution in [-0.2, 0) is 11.2 Å². The molecule has 9 heteroatoms. The normalized spacial score (nSPS) is 14.9. The van der Waals surface area contributed by atoms with E-state index in [4.69, 9.17) is 27.9 Å². The number of hydrogen-bond acceptors (Lipinski definition) is 3. The maximum Gasteiger partial charge on any atom is 0.396 e. The van der Waals surface area contributed by atoms with E-state index in [1.165, 1.54) is 25.2 Å². The molecule has 1 heterocycles. The van der Waals surface area contributed by atoms with Crippen LogP contribution in [-0.4, -0.2) is 17.3 Å². The van der Waals surface area contributed by atoms with Crippen LogP contribution in [0, 0.1) is 17.3 Å². The lowest BCUT2D eigenvalue weighted by Crippen LogP contribution is -2.50. The summed E-state index contributed by atoms with van der Waals surface area (Å²) in [6.45, 7) is 2.88. The summed E-state index contributed by atoms with van der Waals surface area (Å²) in [5.41, 5.74) is -1.82. The number of carboxylic acids is 1. The largest absolute Gasteiger partial charge is 0.481 e. The Kier molecular flexibility index (Phi) is 7.65. The minimum atomic E-state index is -4.86. The number of rotatable bonds is 8. The maximum absolute atomic E-state index is 13.9. The lowest BCUT2D eigenvalue weighted by Gasteiger charge is -2.40. The van der Waals surface area contributed by atoms with Gasteiger partial charge in [-0.25, -0.2) is 0 Å². The number of carbonyl (C=O) groups is 1. The second kappa shape index (κ2) is 9.41. The van der Waals surface area contributed by atoms with Crippen LogP contribution in [0.4, 0.5) is 13.2 Å². The second-order valence-corrected chi connectivity index (χ2v) is 8.75. The highest BCUT2D eigenvalue weighted by Gasteiger charge is 2.58. The van der Waals surface area contributed by atoms with Gasteiger partial charge in [-0.05, 0) is 53.6 Å². The molecule has 2 atom stereocenters. The molecule has 0 fully saturated rings. The summed E-state index contributed by atoms with van der Waals surface area (Å²) >= 11 is 12.4. The highest BCUT2D eigenvalue weighted by Crippen LogP contribution is 2.49. The van der Waals surface area contributed by atoms with E-state index in [1.54, 1.807) is 36.4 Å². The van der Waals surface area contributed by atoms with Gasteiger partial charge in [-0.1, -0.05) is 49.2 Å². The quantitative estimate of drug-likeness (QED) is 0.443. The van der Waals surface area contributed by atoms with Gasteiger partial charge in [0.2, 0.25) is 0 Å². The van der Waals surface area contributed by atoms with Gasteiger partial charge in [0.05, 0.1) is 11.3 Å². The summed E-state index contributed by atoms with van der Waals surface area (Å²) in [4.78, 5) is 12.2.